The lowest BCUT2D eigenvalue weighted by atomic mass is 9.78. The fourth-order valence-electron chi connectivity index (χ4n) is 4.61. The molecule has 2 amide bonds. The van der Waals surface area contributed by atoms with Crippen molar-refractivity contribution in [2.75, 3.05) is 31.7 Å². The Kier molecular flexibility index (Phi) is 6.61. The molecule has 2 aliphatic rings. The first-order valence-corrected chi connectivity index (χ1v) is 11.3. The number of hydrogen-bond acceptors (Lipinski definition) is 6. The number of anilines is 1. The van der Waals surface area contributed by atoms with Crippen molar-refractivity contribution in [1.29, 1.82) is 0 Å². The van der Waals surface area contributed by atoms with Crippen molar-refractivity contribution in [3.8, 4) is 11.5 Å². The van der Waals surface area contributed by atoms with E-state index >= 15 is 0 Å². The Labute approximate surface area is 202 Å². The first kappa shape index (κ1) is 24.7. The van der Waals surface area contributed by atoms with Gasteiger partial charge in [0.05, 0.1) is 25.9 Å². The Morgan fingerprint density at radius 3 is 2.49 bits per heavy atom. The normalized spacial score (nSPS) is 24.2. The number of aliphatic hydroxyl groups is 2. The maximum absolute atomic E-state index is 15.0. The van der Waals surface area contributed by atoms with Crippen LogP contribution in [0, 0.1) is 5.82 Å². The summed E-state index contributed by atoms with van der Waals surface area (Å²) in [4.78, 5) is 26.4. The van der Waals surface area contributed by atoms with Crippen LogP contribution in [0.1, 0.15) is 30.9 Å². The van der Waals surface area contributed by atoms with Gasteiger partial charge in [-0.1, -0.05) is 12.1 Å². The molecule has 0 bridgehead atoms. The number of carboxylic acid groups (broad SMARTS) is 1. The predicted octanol–water partition coefficient (Wildman–Crippen LogP) is 2.56. The van der Waals surface area contributed by atoms with Crippen LogP contribution in [0.4, 0.5) is 14.9 Å². The summed E-state index contributed by atoms with van der Waals surface area (Å²) in [7, 11) is 1.56. The lowest BCUT2D eigenvalue weighted by Crippen LogP contribution is -2.66. The molecule has 0 aliphatic carbocycles. The van der Waals surface area contributed by atoms with Crippen LogP contribution in [0.2, 0.25) is 0 Å². The number of ether oxygens (including phenoxy) is 2. The van der Waals surface area contributed by atoms with E-state index in [0.29, 0.717) is 17.1 Å². The predicted molar refractivity (Wildman–Crippen MR) is 124 cm³/mol. The molecule has 2 heterocycles. The Morgan fingerprint density at radius 2 is 1.86 bits per heavy atom. The van der Waals surface area contributed by atoms with Crippen LogP contribution >= 0.6 is 0 Å². The van der Waals surface area contributed by atoms with Crippen molar-refractivity contribution in [2.45, 2.75) is 43.9 Å². The van der Waals surface area contributed by atoms with Crippen molar-refractivity contribution in [3.05, 3.63) is 53.3 Å². The molecule has 0 aromatic heterocycles. The summed E-state index contributed by atoms with van der Waals surface area (Å²) in [5.41, 5.74) is -2.03. The second-order valence-corrected chi connectivity index (χ2v) is 9.25. The summed E-state index contributed by atoms with van der Waals surface area (Å²) in [5, 5.41) is 31.1. The smallest absolute Gasteiger partial charge is 0.407 e. The second-order valence-electron chi connectivity index (χ2n) is 9.25. The van der Waals surface area contributed by atoms with E-state index in [-0.39, 0.29) is 57.1 Å². The van der Waals surface area contributed by atoms with E-state index in [9.17, 15) is 29.3 Å². The number of likely N-dealkylation sites (tertiary alicyclic amines) is 1. The van der Waals surface area contributed by atoms with E-state index < -0.39 is 23.1 Å². The maximum atomic E-state index is 15.0. The van der Waals surface area contributed by atoms with Crippen LogP contribution < -0.4 is 14.4 Å². The summed E-state index contributed by atoms with van der Waals surface area (Å²) in [6, 6.07) is 9.80. The summed E-state index contributed by atoms with van der Waals surface area (Å²) in [6.45, 7) is 0.976. The number of fused-ring (bicyclic) bond motifs is 1. The van der Waals surface area contributed by atoms with Gasteiger partial charge in [-0.05, 0) is 43.2 Å². The summed E-state index contributed by atoms with van der Waals surface area (Å²) < 4.78 is 26.1. The molecule has 2 aliphatic heterocycles. The largest absolute Gasteiger partial charge is 0.497 e. The molecule has 10 heteroatoms. The highest BCUT2D eigenvalue weighted by molar-refractivity contribution is 5.97. The highest BCUT2D eigenvalue weighted by Crippen LogP contribution is 2.39. The summed E-state index contributed by atoms with van der Waals surface area (Å²) in [6.07, 6.45) is -0.777. The molecule has 0 spiro atoms. The lowest BCUT2D eigenvalue weighted by molar-refractivity contribution is -0.188. The van der Waals surface area contributed by atoms with Gasteiger partial charge in [-0.15, -0.1) is 0 Å². The van der Waals surface area contributed by atoms with Crippen molar-refractivity contribution in [1.82, 2.24) is 4.90 Å². The third-order valence-electron chi connectivity index (χ3n) is 6.88. The van der Waals surface area contributed by atoms with Gasteiger partial charge in [-0.2, -0.15) is 0 Å². The zero-order valence-electron chi connectivity index (χ0n) is 19.7. The monoisotopic (exact) mass is 488 g/mol. The Hall–Kier alpha value is -3.37. The Balaban J connectivity index is 1.57. The minimum Gasteiger partial charge on any atom is -0.497 e. The number of benzene rings is 2. The Bertz CT molecular complexity index is 1120. The molecule has 3 N–H and O–H groups in total. The van der Waals surface area contributed by atoms with Gasteiger partial charge in [-0.25, -0.2) is 9.18 Å². The molecule has 0 saturated carbocycles. The van der Waals surface area contributed by atoms with Gasteiger partial charge in [0.25, 0.3) is 0 Å². The number of carbonyl (C=O) groups is 2. The third-order valence-corrected chi connectivity index (χ3v) is 6.88. The highest BCUT2D eigenvalue weighted by Gasteiger charge is 2.51. The first-order valence-electron chi connectivity index (χ1n) is 11.3. The number of methoxy groups -OCH3 is 1. The standard InChI is InChI=1S/C25H29FN2O7/c1-24(32)14-27(23(30)31)12-11-25(24,33)15-35-20-9-8-19(26)22-18(20)7-10-21(29)28(22)13-16-3-5-17(34-2)6-4-16/h3-6,8-9,32-33H,7,10-15H2,1-2H3,(H,30,31)/t24-,25-/m0/s1. The topological polar surface area (TPSA) is 120 Å². The van der Waals surface area contributed by atoms with Gasteiger partial charge in [-0.3, -0.25) is 4.79 Å². The average Bonchev–Trinajstić information content (AvgIpc) is 2.82. The third kappa shape index (κ3) is 4.76. The van der Waals surface area contributed by atoms with E-state index in [1.165, 1.54) is 24.0 Å². The van der Waals surface area contributed by atoms with Crippen LogP contribution in [-0.4, -0.2) is 70.2 Å². The van der Waals surface area contributed by atoms with Crippen molar-refractivity contribution in [3.63, 3.8) is 0 Å². The van der Waals surface area contributed by atoms with Gasteiger partial charge in [0.15, 0.2) is 0 Å². The summed E-state index contributed by atoms with van der Waals surface area (Å²) in [5.74, 6) is 0.198. The fraction of sp³-hybridized carbons (Fsp3) is 0.440. The van der Waals surface area contributed by atoms with Crippen LogP contribution in [0.5, 0.6) is 11.5 Å². The number of halogens is 1. The van der Waals surface area contributed by atoms with Gasteiger partial charge < -0.3 is 34.6 Å². The fourth-order valence-corrected chi connectivity index (χ4v) is 4.61. The number of carbonyl (C=O) groups excluding carboxylic acids is 1. The van der Waals surface area contributed by atoms with Gasteiger partial charge in [0, 0.05) is 24.9 Å². The molecule has 188 valence electrons. The van der Waals surface area contributed by atoms with Crippen LogP contribution in [0.15, 0.2) is 36.4 Å². The minimum atomic E-state index is -1.75. The minimum absolute atomic E-state index is 0.0300. The molecule has 35 heavy (non-hydrogen) atoms. The van der Waals surface area contributed by atoms with Gasteiger partial charge in [0.1, 0.15) is 35.1 Å². The second kappa shape index (κ2) is 9.35. The number of hydrogen-bond donors (Lipinski definition) is 3. The van der Waals surface area contributed by atoms with Crippen molar-refractivity contribution in [2.24, 2.45) is 0 Å². The van der Waals surface area contributed by atoms with Crippen LogP contribution in [-0.2, 0) is 17.8 Å². The zero-order chi connectivity index (χ0) is 25.4. The molecule has 9 nitrogen and oxygen atoms in total. The highest BCUT2D eigenvalue weighted by atomic mass is 19.1. The molecular formula is C25H29FN2O7. The number of amides is 2. The average molecular weight is 489 g/mol. The SMILES string of the molecule is COc1ccc(CN2C(=O)CCc3c(OC[C@@]4(O)CCN(C(=O)O)C[C@]4(C)O)ccc(F)c32)cc1. The van der Waals surface area contributed by atoms with Gasteiger partial charge >= 0.3 is 6.09 Å². The van der Waals surface area contributed by atoms with Crippen molar-refractivity contribution < 1.29 is 38.8 Å². The van der Waals surface area contributed by atoms with E-state index in [4.69, 9.17) is 9.47 Å². The van der Waals surface area contributed by atoms with Crippen molar-refractivity contribution >= 4 is 17.7 Å². The number of nitrogens with zero attached hydrogens (tertiary/aromatic N) is 2. The van der Waals surface area contributed by atoms with E-state index in [2.05, 4.69) is 0 Å². The molecule has 2 aromatic rings. The molecule has 0 radical (unpaired) electrons. The zero-order valence-corrected chi connectivity index (χ0v) is 19.7. The molecule has 2 aromatic carbocycles. The van der Waals surface area contributed by atoms with Crippen LogP contribution in [0.25, 0.3) is 0 Å². The van der Waals surface area contributed by atoms with E-state index in [1.54, 1.807) is 31.4 Å². The molecular weight excluding hydrogens is 459 g/mol. The van der Waals surface area contributed by atoms with Gasteiger partial charge in [0.2, 0.25) is 5.91 Å². The number of piperidine rings is 1. The molecule has 1 fully saturated rings. The maximum Gasteiger partial charge on any atom is 0.407 e. The first-order chi connectivity index (χ1) is 16.5. The number of β-amino-alcohol motifs (C(OH)–C–C–N with tert-alkyl or cyclic N) is 1. The molecule has 0 unspecified atom stereocenters. The quantitative estimate of drug-likeness (QED) is 0.572. The molecule has 2 atom stereocenters. The molecule has 1 saturated heterocycles. The molecule has 4 rings (SSSR count). The Morgan fingerprint density at radius 1 is 1.14 bits per heavy atom. The van der Waals surface area contributed by atoms with E-state index in [1.807, 2.05) is 0 Å². The van der Waals surface area contributed by atoms with Crippen LogP contribution in [0.3, 0.4) is 0 Å². The van der Waals surface area contributed by atoms with E-state index in [0.717, 1.165) is 10.5 Å². The number of rotatable bonds is 6. The summed E-state index contributed by atoms with van der Waals surface area (Å²) >= 11 is 0. The lowest BCUT2D eigenvalue weighted by Gasteiger charge is -2.47.